The van der Waals surface area contributed by atoms with E-state index >= 15 is 0 Å². The molecule has 1 N–H and O–H groups in total. The first-order valence-corrected chi connectivity index (χ1v) is 8.88. The normalized spacial score (nSPS) is 10.2. The monoisotopic (exact) mass is 386 g/mol. The van der Waals surface area contributed by atoms with Gasteiger partial charge >= 0.3 is 5.97 Å². The number of methoxy groups -OCH3 is 1. The molecule has 0 aliphatic heterocycles. The van der Waals surface area contributed by atoms with E-state index in [1.54, 1.807) is 36.4 Å². The van der Waals surface area contributed by atoms with E-state index in [2.05, 4.69) is 10.1 Å². The van der Waals surface area contributed by atoms with E-state index in [-0.39, 0.29) is 30.6 Å². The Morgan fingerprint density at radius 3 is 2.25 bits per heavy atom. The summed E-state index contributed by atoms with van der Waals surface area (Å²) in [6, 6.07) is 12.5. The van der Waals surface area contributed by atoms with Gasteiger partial charge in [-0.15, -0.1) is 0 Å². The summed E-state index contributed by atoms with van der Waals surface area (Å²) in [5.41, 5.74) is 1.91. The zero-order valence-corrected chi connectivity index (χ0v) is 15.9. The molecule has 0 bridgehead atoms. The summed E-state index contributed by atoms with van der Waals surface area (Å²) in [6.07, 6.45) is 0.735. The largest absolute Gasteiger partial charge is 0.465 e. The minimum Gasteiger partial charge on any atom is -0.465 e. The molecule has 0 unspecified atom stereocenters. The van der Waals surface area contributed by atoms with Crippen LogP contribution in [0.2, 0.25) is 0 Å². The van der Waals surface area contributed by atoms with E-state index in [0.717, 1.165) is 5.56 Å². The molecule has 0 atom stereocenters. The van der Waals surface area contributed by atoms with E-state index in [1.165, 1.54) is 31.1 Å². The Bertz CT molecular complexity index is 819. The Hall–Kier alpha value is -3.22. The molecule has 148 valence electrons. The van der Waals surface area contributed by atoms with E-state index in [1.807, 2.05) is 0 Å². The van der Waals surface area contributed by atoms with Crippen molar-refractivity contribution in [2.24, 2.45) is 0 Å². The SMILES string of the molecule is COC(=O)c1ccc(N(CCC(=O)NCCc2ccc(F)cc2)C(C)=O)cc1. The highest BCUT2D eigenvalue weighted by atomic mass is 19.1. The Morgan fingerprint density at radius 1 is 1.04 bits per heavy atom. The lowest BCUT2D eigenvalue weighted by atomic mass is 10.1. The van der Waals surface area contributed by atoms with Gasteiger partial charge in [0.05, 0.1) is 12.7 Å². The van der Waals surface area contributed by atoms with Crippen molar-refractivity contribution in [3.05, 3.63) is 65.5 Å². The highest BCUT2D eigenvalue weighted by molar-refractivity contribution is 5.94. The zero-order valence-electron chi connectivity index (χ0n) is 15.9. The first kappa shape index (κ1) is 21.1. The number of carbonyl (C=O) groups is 3. The predicted octanol–water partition coefficient (Wildman–Crippen LogP) is 2.71. The van der Waals surface area contributed by atoms with Gasteiger partial charge in [0.2, 0.25) is 11.8 Å². The molecule has 7 heteroatoms. The molecule has 2 aromatic carbocycles. The summed E-state index contributed by atoms with van der Waals surface area (Å²) in [5.74, 6) is -1.14. The van der Waals surface area contributed by atoms with Crippen molar-refractivity contribution in [2.45, 2.75) is 19.8 Å². The average Bonchev–Trinajstić information content (AvgIpc) is 2.69. The predicted molar refractivity (Wildman–Crippen MR) is 104 cm³/mol. The lowest BCUT2D eigenvalue weighted by Crippen LogP contribution is -2.34. The Labute approximate surface area is 163 Å². The van der Waals surface area contributed by atoms with Crippen LogP contribution in [-0.2, 0) is 20.7 Å². The van der Waals surface area contributed by atoms with Gasteiger partial charge in [-0.25, -0.2) is 9.18 Å². The number of carbonyl (C=O) groups excluding carboxylic acids is 3. The summed E-state index contributed by atoms with van der Waals surface area (Å²) < 4.78 is 17.5. The van der Waals surface area contributed by atoms with Gasteiger partial charge in [-0.2, -0.15) is 0 Å². The molecule has 0 saturated carbocycles. The second kappa shape index (κ2) is 10.2. The van der Waals surface area contributed by atoms with E-state index in [0.29, 0.717) is 24.2 Å². The van der Waals surface area contributed by atoms with E-state index in [4.69, 9.17) is 0 Å². The molecule has 0 aliphatic carbocycles. The quantitative estimate of drug-likeness (QED) is 0.708. The number of anilines is 1. The maximum atomic E-state index is 12.9. The molecular weight excluding hydrogens is 363 g/mol. The highest BCUT2D eigenvalue weighted by Crippen LogP contribution is 2.16. The van der Waals surface area contributed by atoms with Crippen molar-refractivity contribution in [1.29, 1.82) is 0 Å². The molecule has 2 aromatic rings. The molecule has 0 aliphatic rings. The number of amides is 2. The number of nitrogens with one attached hydrogen (secondary N) is 1. The molecule has 0 aromatic heterocycles. The van der Waals surface area contributed by atoms with Crippen LogP contribution in [0.25, 0.3) is 0 Å². The number of ether oxygens (including phenoxy) is 1. The number of halogens is 1. The van der Waals surface area contributed by atoms with E-state index < -0.39 is 5.97 Å². The number of rotatable bonds is 8. The van der Waals surface area contributed by atoms with Gasteiger partial charge in [-0.3, -0.25) is 9.59 Å². The van der Waals surface area contributed by atoms with Gasteiger partial charge in [-0.05, 0) is 48.4 Å². The summed E-state index contributed by atoms with van der Waals surface area (Å²) in [4.78, 5) is 36.9. The van der Waals surface area contributed by atoms with Gasteiger partial charge < -0.3 is 15.0 Å². The van der Waals surface area contributed by atoms with Crippen molar-refractivity contribution in [3.63, 3.8) is 0 Å². The molecule has 2 amide bonds. The molecule has 6 nitrogen and oxygen atoms in total. The molecule has 0 saturated heterocycles. The lowest BCUT2D eigenvalue weighted by molar-refractivity contribution is -0.121. The van der Waals surface area contributed by atoms with Crippen LogP contribution in [0.5, 0.6) is 0 Å². The molecule has 0 radical (unpaired) electrons. The number of hydrogen-bond acceptors (Lipinski definition) is 4. The smallest absolute Gasteiger partial charge is 0.337 e. The van der Waals surface area contributed by atoms with Gasteiger partial charge in [-0.1, -0.05) is 12.1 Å². The van der Waals surface area contributed by atoms with Gasteiger partial charge in [0, 0.05) is 32.1 Å². The standard InChI is InChI=1S/C21H23FN2O4/c1-15(25)24(19-9-5-17(6-10-19)21(27)28-2)14-12-20(26)23-13-11-16-3-7-18(22)8-4-16/h3-10H,11-14H2,1-2H3,(H,23,26). The molecule has 28 heavy (non-hydrogen) atoms. The van der Waals surface area contributed by atoms with Crippen molar-refractivity contribution >= 4 is 23.5 Å². The minimum atomic E-state index is -0.457. The minimum absolute atomic E-state index is 0.141. The maximum absolute atomic E-state index is 12.9. The van der Waals surface area contributed by atoms with E-state index in [9.17, 15) is 18.8 Å². The van der Waals surface area contributed by atoms with Crippen LogP contribution in [0.4, 0.5) is 10.1 Å². The summed E-state index contributed by atoms with van der Waals surface area (Å²) in [6.45, 7) is 2.06. The molecule has 2 rings (SSSR count). The van der Waals surface area contributed by atoms with Crippen LogP contribution in [0.15, 0.2) is 48.5 Å². The topological polar surface area (TPSA) is 75.7 Å². The fraction of sp³-hybridized carbons (Fsp3) is 0.286. The average molecular weight is 386 g/mol. The second-order valence-electron chi connectivity index (χ2n) is 6.19. The third-order valence-electron chi connectivity index (χ3n) is 4.19. The first-order chi connectivity index (χ1) is 13.4. The van der Waals surface area contributed by atoms with Crippen LogP contribution in [0.3, 0.4) is 0 Å². The van der Waals surface area contributed by atoms with Crippen LogP contribution >= 0.6 is 0 Å². The van der Waals surface area contributed by atoms with Crippen LogP contribution < -0.4 is 10.2 Å². The van der Waals surface area contributed by atoms with Crippen molar-refractivity contribution in [2.75, 3.05) is 25.1 Å². The van der Waals surface area contributed by atoms with Crippen molar-refractivity contribution in [1.82, 2.24) is 5.32 Å². The number of benzene rings is 2. The first-order valence-electron chi connectivity index (χ1n) is 8.88. The fourth-order valence-corrected chi connectivity index (χ4v) is 2.66. The highest BCUT2D eigenvalue weighted by Gasteiger charge is 2.14. The number of hydrogen-bond donors (Lipinski definition) is 1. The molecule has 0 heterocycles. The van der Waals surface area contributed by atoms with Gasteiger partial charge in [0.15, 0.2) is 0 Å². The van der Waals surface area contributed by atoms with Crippen molar-refractivity contribution < 1.29 is 23.5 Å². The molecular formula is C21H23FN2O4. The van der Waals surface area contributed by atoms with Crippen LogP contribution in [-0.4, -0.2) is 38.0 Å². The fourth-order valence-electron chi connectivity index (χ4n) is 2.66. The van der Waals surface area contributed by atoms with Crippen LogP contribution in [0.1, 0.15) is 29.3 Å². The number of nitrogens with zero attached hydrogens (tertiary/aromatic N) is 1. The molecule has 0 fully saturated rings. The second-order valence-corrected chi connectivity index (χ2v) is 6.19. The Kier molecular flexibility index (Phi) is 7.68. The zero-order chi connectivity index (χ0) is 20.5. The lowest BCUT2D eigenvalue weighted by Gasteiger charge is -2.21. The Balaban J connectivity index is 1.85. The third-order valence-corrected chi connectivity index (χ3v) is 4.19. The van der Waals surface area contributed by atoms with Crippen molar-refractivity contribution in [3.8, 4) is 0 Å². The number of esters is 1. The third kappa shape index (κ3) is 6.19. The Morgan fingerprint density at radius 2 is 1.68 bits per heavy atom. The maximum Gasteiger partial charge on any atom is 0.337 e. The summed E-state index contributed by atoms with van der Waals surface area (Å²) >= 11 is 0. The summed E-state index contributed by atoms with van der Waals surface area (Å²) in [7, 11) is 1.30. The van der Waals surface area contributed by atoms with Gasteiger partial charge in [0.25, 0.3) is 0 Å². The van der Waals surface area contributed by atoms with Crippen LogP contribution in [0, 0.1) is 5.82 Å². The summed E-state index contributed by atoms with van der Waals surface area (Å²) in [5, 5.41) is 2.79. The molecule has 0 spiro atoms. The van der Waals surface area contributed by atoms with Gasteiger partial charge in [0.1, 0.15) is 5.82 Å².